The second-order valence-corrected chi connectivity index (χ2v) is 3.54. The lowest BCUT2D eigenvalue weighted by molar-refractivity contribution is -0.0563. The molecule has 0 saturated carbocycles. The zero-order valence-electron chi connectivity index (χ0n) is 6.84. The molecule has 6 heteroatoms. The molecule has 0 aliphatic heterocycles. The van der Waals surface area contributed by atoms with Gasteiger partial charge in [-0.1, -0.05) is 15.9 Å². The first kappa shape index (κ1) is 11.2. The SMILES string of the molecule is OCC(F)(F)c1cc(O)c(O)cc1Br. The Bertz CT molecular complexity index is 355. The van der Waals surface area contributed by atoms with Gasteiger partial charge in [0.25, 0.3) is 5.92 Å². The van der Waals surface area contributed by atoms with Crippen molar-refractivity contribution in [2.45, 2.75) is 5.92 Å². The van der Waals surface area contributed by atoms with E-state index < -0.39 is 29.6 Å². The minimum Gasteiger partial charge on any atom is -0.504 e. The van der Waals surface area contributed by atoms with E-state index in [-0.39, 0.29) is 4.47 Å². The molecule has 3 nitrogen and oxygen atoms in total. The van der Waals surface area contributed by atoms with Gasteiger partial charge in [-0.2, -0.15) is 8.78 Å². The second kappa shape index (κ2) is 3.70. The van der Waals surface area contributed by atoms with Crippen molar-refractivity contribution >= 4 is 15.9 Å². The lowest BCUT2D eigenvalue weighted by atomic mass is 10.1. The van der Waals surface area contributed by atoms with Crippen LogP contribution in [0.3, 0.4) is 0 Å². The number of phenols is 2. The predicted molar refractivity (Wildman–Crippen MR) is 48.5 cm³/mol. The fourth-order valence-electron chi connectivity index (χ4n) is 0.917. The lowest BCUT2D eigenvalue weighted by Crippen LogP contribution is -2.18. The summed E-state index contributed by atoms with van der Waals surface area (Å²) in [5.41, 5.74) is -0.574. The molecular formula is C8H7BrF2O3. The van der Waals surface area contributed by atoms with Crippen molar-refractivity contribution in [1.82, 2.24) is 0 Å². The number of hydrogen-bond acceptors (Lipinski definition) is 3. The largest absolute Gasteiger partial charge is 0.504 e. The minimum atomic E-state index is -3.45. The van der Waals surface area contributed by atoms with Crippen molar-refractivity contribution in [1.29, 1.82) is 0 Å². The van der Waals surface area contributed by atoms with E-state index in [2.05, 4.69) is 15.9 Å². The standard InChI is InChI=1S/C8H7BrF2O3/c9-5-2-7(14)6(13)1-4(5)8(10,11)3-12/h1-2,12-14H,3H2. The van der Waals surface area contributed by atoms with Crippen molar-refractivity contribution in [2.75, 3.05) is 6.61 Å². The van der Waals surface area contributed by atoms with Crippen LogP contribution in [0.1, 0.15) is 5.56 Å². The van der Waals surface area contributed by atoms with E-state index in [0.717, 1.165) is 6.07 Å². The number of alkyl halides is 2. The Labute approximate surface area is 86.7 Å². The molecule has 0 amide bonds. The van der Waals surface area contributed by atoms with Crippen LogP contribution in [0.4, 0.5) is 8.78 Å². The Morgan fingerprint density at radius 2 is 1.71 bits per heavy atom. The van der Waals surface area contributed by atoms with Crippen molar-refractivity contribution in [3.05, 3.63) is 22.2 Å². The monoisotopic (exact) mass is 268 g/mol. The van der Waals surface area contributed by atoms with E-state index in [9.17, 15) is 8.78 Å². The number of halogens is 3. The molecule has 0 aromatic heterocycles. The Morgan fingerprint density at radius 3 is 2.21 bits per heavy atom. The molecule has 3 N–H and O–H groups in total. The van der Waals surface area contributed by atoms with Crippen LogP contribution in [-0.2, 0) is 5.92 Å². The van der Waals surface area contributed by atoms with E-state index in [1.54, 1.807) is 0 Å². The Balaban J connectivity index is 3.29. The van der Waals surface area contributed by atoms with Gasteiger partial charge in [-0.05, 0) is 12.1 Å². The maximum atomic E-state index is 13.0. The third-order valence-corrected chi connectivity index (χ3v) is 2.31. The van der Waals surface area contributed by atoms with Gasteiger partial charge in [-0.3, -0.25) is 0 Å². The molecule has 0 heterocycles. The van der Waals surface area contributed by atoms with Crippen molar-refractivity contribution < 1.29 is 24.1 Å². The smallest absolute Gasteiger partial charge is 0.297 e. The summed E-state index contributed by atoms with van der Waals surface area (Å²) in [5, 5.41) is 26.4. The number of hydrogen-bond donors (Lipinski definition) is 3. The normalized spacial score (nSPS) is 11.7. The molecule has 0 spiro atoms. The van der Waals surface area contributed by atoms with Crippen LogP contribution in [0.2, 0.25) is 0 Å². The molecule has 14 heavy (non-hydrogen) atoms. The maximum absolute atomic E-state index is 13.0. The number of aliphatic hydroxyl groups excluding tert-OH is 1. The summed E-state index contributed by atoms with van der Waals surface area (Å²) in [4.78, 5) is 0. The van der Waals surface area contributed by atoms with Crippen molar-refractivity contribution in [3.63, 3.8) is 0 Å². The van der Waals surface area contributed by atoms with Crippen molar-refractivity contribution in [2.24, 2.45) is 0 Å². The quantitative estimate of drug-likeness (QED) is 0.719. The van der Waals surface area contributed by atoms with Gasteiger partial charge in [0.15, 0.2) is 11.5 Å². The Morgan fingerprint density at radius 1 is 1.21 bits per heavy atom. The molecule has 0 saturated heterocycles. The van der Waals surface area contributed by atoms with E-state index in [1.165, 1.54) is 0 Å². The number of aliphatic hydroxyl groups is 1. The summed E-state index contributed by atoms with van der Waals surface area (Å²) < 4.78 is 25.9. The summed E-state index contributed by atoms with van der Waals surface area (Å²) in [5.74, 6) is -4.62. The predicted octanol–water partition coefficient (Wildman–Crippen LogP) is 1.94. The lowest BCUT2D eigenvalue weighted by Gasteiger charge is -2.15. The average molecular weight is 269 g/mol. The van der Waals surface area contributed by atoms with Gasteiger partial charge >= 0.3 is 0 Å². The number of aromatic hydroxyl groups is 2. The molecule has 0 atom stereocenters. The minimum absolute atomic E-state index is 0.0770. The zero-order chi connectivity index (χ0) is 10.9. The maximum Gasteiger partial charge on any atom is 0.297 e. The molecule has 0 bridgehead atoms. The Hall–Kier alpha value is -0.880. The van der Waals surface area contributed by atoms with Gasteiger partial charge < -0.3 is 15.3 Å². The fourth-order valence-corrected chi connectivity index (χ4v) is 1.54. The van der Waals surface area contributed by atoms with Gasteiger partial charge in [0.2, 0.25) is 0 Å². The molecule has 1 rings (SSSR count). The topological polar surface area (TPSA) is 60.7 Å². The van der Waals surface area contributed by atoms with Gasteiger partial charge in [0.05, 0.1) is 0 Å². The van der Waals surface area contributed by atoms with E-state index in [0.29, 0.717) is 6.07 Å². The molecule has 0 fully saturated rings. The highest BCUT2D eigenvalue weighted by molar-refractivity contribution is 9.10. The first-order chi connectivity index (χ1) is 6.38. The van der Waals surface area contributed by atoms with E-state index >= 15 is 0 Å². The van der Waals surface area contributed by atoms with Crippen LogP contribution in [0.25, 0.3) is 0 Å². The molecule has 1 aromatic carbocycles. The highest BCUT2D eigenvalue weighted by Crippen LogP contribution is 2.39. The summed E-state index contributed by atoms with van der Waals surface area (Å²) in [6, 6.07) is 1.64. The molecule has 0 aliphatic carbocycles. The number of rotatable bonds is 2. The van der Waals surface area contributed by atoms with Gasteiger partial charge in [0.1, 0.15) is 6.61 Å². The zero-order valence-corrected chi connectivity index (χ0v) is 8.42. The van der Waals surface area contributed by atoms with E-state index in [4.69, 9.17) is 15.3 Å². The summed E-state index contributed by atoms with van der Waals surface area (Å²) >= 11 is 2.80. The molecule has 0 unspecified atom stereocenters. The molecule has 0 radical (unpaired) electrons. The first-order valence-corrected chi connectivity index (χ1v) is 4.38. The number of benzene rings is 1. The Kier molecular flexibility index (Phi) is 2.96. The van der Waals surface area contributed by atoms with Crippen LogP contribution < -0.4 is 0 Å². The molecule has 1 aromatic rings. The first-order valence-electron chi connectivity index (χ1n) is 3.59. The van der Waals surface area contributed by atoms with Crippen molar-refractivity contribution in [3.8, 4) is 11.5 Å². The van der Waals surface area contributed by atoms with Gasteiger partial charge in [0, 0.05) is 10.0 Å². The second-order valence-electron chi connectivity index (χ2n) is 2.68. The van der Waals surface area contributed by atoms with E-state index in [1.807, 2.05) is 0 Å². The highest BCUT2D eigenvalue weighted by atomic mass is 79.9. The number of phenolic OH excluding ortho intramolecular Hbond substituents is 2. The molecular weight excluding hydrogens is 262 g/mol. The van der Waals surface area contributed by atoms with Crippen LogP contribution in [-0.4, -0.2) is 21.9 Å². The third kappa shape index (κ3) is 1.96. The highest BCUT2D eigenvalue weighted by Gasteiger charge is 2.33. The fraction of sp³-hybridized carbons (Fsp3) is 0.250. The van der Waals surface area contributed by atoms with Crippen LogP contribution in [0.5, 0.6) is 11.5 Å². The average Bonchev–Trinajstić information content (AvgIpc) is 2.11. The third-order valence-electron chi connectivity index (χ3n) is 1.66. The van der Waals surface area contributed by atoms with Crippen LogP contribution >= 0.6 is 15.9 Å². The molecule has 78 valence electrons. The summed E-state index contributed by atoms with van der Waals surface area (Å²) in [7, 11) is 0. The van der Waals surface area contributed by atoms with Gasteiger partial charge in [-0.25, -0.2) is 0 Å². The summed E-state index contributed by atoms with van der Waals surface area (Å²) in [6.45, 7) is -1.37. The summed E-state index contributed by atoms with van der Waals surface area (Å²) in [6.07, 6.45) is 0. The van der Waals surface area contributed by atoms with Crippen LogP contribution in [0, 0.1) is 0 Å². The van der Waals surface area contributed by atoms with Crippen LogP contribution in [0.15, 0.2) is 16.6 Å². The van der Waals surface area contributed by atoms with Gasteiger partial charge in [-0.15, -0.1) is 0 Å². The molecule has 0 aliphatic rings.